The van der Waals surface area contributed by atoms with Crippen molar-refractivity contribution >= 4 is 17.8 Å². The highest BCUT2D eigenvalue weighted by atomic mass is 16.4. The van der Waals surface area contributed by atoms with Crippen LogP contribution in [0.15, 0.2) is 0 Å². The molecule has 0 spiro atoms. The lowest BCUT2D eigenvalue weighted by Crippen LogP contribution is -2.59. The number of amides is 1. The van der Waals surface area contributed by atoms with Crippen LogP contribution in [0.1, 0.15) is 12.8 Å². The first kappa shape index (κ1) is 13.8. The van der Waals surface area contributed by atoms with E-state index in [1.54, 1.807) is 0 Å². The molecule has 106 valence electrons. The second kappa shape index (κ2) is 4.46. The number of carboxylic acids is 2. The summed E-state index contributed by atoms with van der Waals surface area (Å²) in [6.45, 7) is -0.742. The minimum Gasteiger partial charge on any atom is -0.481 e. The summed E-state index contributed by atoms with van der Waals surface area (Å²) in [5.74, 6) is -4.22. The predicted molar refractivity (Wildman–Crippen MR) is 60.9 cm³/mol. The van der Waals surface area contributed by atoms with E-state index < -0.39 is 47.9 Å². The van der Waals surface area contributed by atoms with E-state index in [1.165, 1.54) is 0 Å². The van der Waals surface area contributed by atoms with Crippen molar-refractivity contribution in [1.29, 1.82) is 0 Å². The fourth-order valence-corrected chi connectivity index (χ4v) is 3.09. The van der Waals surface area contributed by atoms with Gasteiger partial charge in [-0.1, -0.05) is 0 Å². The quantitative estimate of drug-likeness (QED) is 0.388. The van der Waals surface area contributed by atoms with Crippen LogP contribution in [0.25, 0.3) is 0 Å². The van der Waals surface area contributed by atoms with Gasteiger partial charge in [-0.2, -0.15) is 0 Å². The maximum atomic E-state index is 12.0. The lowest BCUT2D eigenvalue weighted by Gasteiger charge is -2.27. The van der Waals surface area contributed by atoms with Crippen LogP contribution in [0, 0.1) is 17.8 Å². The van der Waals surface area contributed by atoms with Gasteiger partial charge in [-0.3, -0.25) is 9.59 Å². The average molecular weight is 272 g/mol. The second-order valence-electron chi connectivity index (χ2n) is 5.18. The first-order valence-corrected chi connectivity index (χ1v) is 5.99. The summed E-state index contributed by atoms with van der Waals surface area (Å²) in [6.07, 6.45) is 0.873. The molecule has 2 aliphatic carbocycles. The number of hydrogen-bond acceptors (Lipinski definition) is 5. The molecular weight excluding hydrogens is 256 g/mol. The Balaban J connectivity index is 2.07. The van der Waals surface area contributed by atoms with Crippen LogP contribution in [-0.2, 0) is 14.4 Å². The van der Waals surface area contributed by atoms with Crippen LogP contribution in [-0.4, -0.2) is 51.4 Å². The number of rotatable bonds is 5. The fourth-order valence-electron chi connectivity index (χ4n) is 3.09. The highest BCUT2D eigenvalue weighted by molar-refractivity contribution is 5.92. The smallest absolute Gasteiger partial charge is 0.328 e. The standard InChI is InChI=1S/C11H16N2O6/c12-11(10(19)13-5(3-14)8(15)16)2-1-4-6(7(4)11)9(17)18/h4-7,14H,1-3,12H2,(H,13,19)(H,15,16)(H,17,18)/t4-,5-,6-,7-,11-/m0/s1. The third-order valence-corrected chi connectivity index (χ3v) is 4.15. The lowest BCUT2D eigenvalue weighted by atomic mass is 9.90. The van der Waals surface area contributed by atoms with Crippen LogP contribution >= 0.6 is 0 Å². The minimum absolute atomic E-state index is 0.106. The molecule has 0 heterocycles. The van der Waals surface area contributed by atoms with E-state index in [0.717, 1.165) is 0 Å². The first-order chi connectivity index (χ1) is 8.82. The topological polar surface area (TPSA) is 150 Å². The number of carbonyl (C=O) groups is 3. The zero-order valence-electron chi connectivity index (χ0n) is 10.1. The van der Waals surface area contributed by atoms with E-state index in [0.29, 0.717) is 12.8 Å². The molecule has 2 saturated carbocycles. The summed E-state index contributed by atoms with van der Waals surface area (Å²) in [7, 11) is 0. The van der Waals surface area contributed by atoms with Gasteiger partial charge >= 0.3 is 11.9 Å². The number of aliphatic carboxylic acids is 2. The molecule has 5 atom stereocenters. The molecule has 0 radical (unpaired) electrons. The number of carboxylic acid groups (broad SMARTS) is 2. The Kier molecular flexibility index (Phi) is 3.23. The molecule has 2 fully saturated rings. The van der Waals surface area contributed by atoms with Crippen molar-refractivity contribution in [3.8, 4) is 0 Å². The Morgan fingerprint density at radius 2 is 2.00 bits per heavy atom. The van der Waals surface area contributed by atoms with Gasteiger partial charge in [0, 0.05) is 5.92 Å². The summed E-state index contributed by atoms with van der Waals surface area (Å²) in [5.41, 5.74) is 4.62. The lowest BCUT2D eigenvalue weighted by molar-refractivity contribution is -0.144. The number of fused-ring (bicyclic) bond motifs is 1. The molecule has 0 bridgehead atoms. The minimum atomic E-state index is -1.42. The van der Waals surface area contributed by atoms with Crippen LogP contribution < -0.4 is 11.1 Å². The van der Waals surface area contributed by atoms with E-state index in [9.17, 15) is 14.4 Å². The maximum absolute atomic E-state index is 12.0. The van der Waals surface area contributed by atoms with Crippen molar-refractivity contribution in [3.05, 3.63) is 0 Å². The Morgan fingerprint density at radius 1 is 1.37 bits per heavy atom. The normalized spacial score (nSPS) is 37.3. The van der Waals surface area contributed by atoms with Gasteiger partial charge in [-0.15, -0.1) is 0 Å². The molecule has 0 saturated heterocycles. The van der Waals surface area contributed by atoms with Crippen LogP contribution in [0.2, 0.25) is 0 Å². The van der Waals surface area contributed by atoms with E-state index in [1.807, 2.05) is 0 Å². The average Bonchev–Trinajstić information content (AvgIpc) is 2.99. The third-order valence-electron chi connectivity index (χ3n) is 4.15. The van der Waals surface area contributed by atoms with Crippen molar-refractivity contribution < 1.29 is 29.7 Å². The van der Waals surface area contributed by atoms with Crippen LogP contribution in [0.5, 0.6) is 0 Å². The van der Waals surface area contributed by atoms with Gasteiger partial charge in [-0.05, 0) is 18.8 Å². The van der Waals surface area contributed by atoms with Crippen LogP contribution in [0.3, 0.4) is 0 Å². The number of carbonyl (C=O) groups excluding carboxylic acids is 1. The van der Waals surface area contributed by atoms with E-state index >= 15 is 0 Å². The molecular formula is C11H16N2O6. The molecule has 6 N–H and O–H groups in total. The summed E-state index contributed by atoms with van der Waals surface area (Å²) >= 11 is 0. The highest BCUT2D eigenvalue weighted by Gasteiger charge is 2.69. The Bertz CT molecular complexity index is 439. The number of aliphatic hydroxyl groups is 1. The first-order valence-electron chi connectivity index (χ1n) is 5.99. The van der Waals surface area contributed by atoms with Crippen molar-refractivity contribution in [3.63, 3.8) is 0 Å². The summed E-state index contributed by atoms with van der Waals surface area (Å²) in [4.78, 5) is 33.7. The molecule has 2 aliphatic rings. The molecule has 19 heavy (non-hydrogen) atoms. The van der Waals surface area contributed by atoms with Crippen molar-refractivity contribution in [2.75, 3.05) is 6.61 Å². The second-order valence-corrected chi connectivity index (χ2v) is 5.18. The molecule has 0 aromatic rings. The molecule has 2 rings (SSSR count). The van der Waals surface area contributed by atoms with Gasteiger partial charge in [0.2, 0.25) is 5.91 Å². The Hall–Kier alpha value is -1.67. The molecule has 0 aromatic carbocycles. The zero-order chi connectivity index (χ0) is 14.4. The van der Waals surface area contributed by atoms with Crippen LogP contribution in [0.4, 0.5) is 0 Å². The predicted octanol–water partition coefficient (Wildman–Crippen LogP) is -2.01. The summed E-state index contributed by atoms with van der Waals surface area (Å²) in [6, 6.07) is -1.42. The van der Waals surface area contributed by atoms with E-state index in [-0.39, 0.29) is 5.92 Å². The monoisotopic (exact) mass is 272 g/mol. The maximum Gasteiger partial charge on any atom is 0.328 e. The van der Waals surface area contributed by atoms with Gasteiger partial charge in [0.15, 0.2) is 0 Å². The fraction of sp³-hybridized carbons (Fsp3) is 0.727. The number of aliphatic hydroxyl groups excluding tert-OH is 1. The van der Waals surface area contributed by atoms with Crippen molar-refractivity contribution in [1.82, 2.24) is 5.32 Å². The molecule has 0 aliphatic heterocycles. The van der Waals surface area contributed by atoms with Gasteiger partial charge in [0.25, 0.3) is 0 Å². The molecule has 1 amide bonds. The molecule has 8 nitrogen and oxygen atoms in total. The van der Waals surface area contributed by atoms with Gasteiger partial charge in [0.1, 0.15) is 6.04 Å². The third kappa shape index (κ3) is 2.06. The summed E-state index contributed by atoms with van der Waals surface area (Å²) in [5, 5.41) is 28.7. The molecule has 0 unspecified atom stereocenters. The summed E-state index contributed by atoms with van der Waals surface area (Å²) < 4.78 is 0. The number of hydrogen-bond donors (Lipinski definition) is 5. The van der Waals surface area contributed by atoms with Gasteiger partial charge < -0.3 is 26.4 Å². The van der Waals surface area contributed by atoms with Crippen molar-refractivity contribution in [2.24, 2.45) is 23.5 Å². The number of nitrogens with one attached hydrogen (secondary N) is 1. The largest absolute Gasteiger partial charge is 0.481 e. The molecule has 0 aromatic heterocycles. The van der Waals surface area contributed by atoms with Gasteiger partial charge in [-0.25, -0.2) is 4.79 Å². The Morgan fingerprint density at radius 3 is 2.42 bits per heavy atom. The van der Waals surface area contributed by atoms with E-state index in [2.05, 4.69) is 5.32 Å². The zero-order valence-corrected chi connectivity index (χ0v) is 10.1. The van der Waals surface area contributed by atoms with Crippen molar-refractivity contribution in [2.45, 2.75) is 24.4 Å². The van der Waals surface area contributed by atoms with Gasteiger partial charge in [0.05, 0.1) is 18.1 Å². The number of nitrogens with two attached hydrogens (primary N) is 1. The highest BCUT2D eigenvalue weighted by Crippen LogP contribution is 2.61. The molecule has 8 heteroatoms. The van der Waals surface area contributed by atoms with E-state index in [4.69, 9.17) is 21.1 Å². The SMILES string of the molecule is N[C@@]1(C(=O)N[C@@H](CO)C(=O)O)CC[C@H]2[C@H](C(=O)O)[C@H]21. The Labute approximate surface area is 108 Å².